The van der Waals surface area contributed by atoms with Gasteiger partial charge < -0.3 is 0 Å². The van der Waals surface area contributed by atoms with Crippen LogP contribution in [0.15, 0.2) is 24.3 Å². The van der Waals surface area contributed by atoms with Crippen LogP contribution in [0.1, 0.15) is 32.3 Å². The normalized spacial score (nSPS) is 13.1. The van der Waals surface area contributed by atoms with Crippen LogP contribution in [0.3, 0.4) is 0 Å². The lowest BCUT2D eigenvalue weighted by Crippen LogP contribution is -2.42. The van der Waals surface area contributed by atoms with Crippen molar-refractivity contribution in [1.82, 2.24) is 5.43 Å². The molecule has 3 heteroatoms. The van der Waals surface area contributed by atoms with Crippen LogP contribution in [0.4, 0.5) is 4.39 Å². The zero-order valence-corrected chi connectivity index (χ0v) is 10.0. The number of nitrogens with two attached hydrogens (primary N) is 1. The standard InChI is InChI=1S/C13H21FN2/c1-3-10(4-2)13(16-15)9-11-7-5-6-8-12(11)14/h5-8,10,13,16H,3-4,9,15H2,1-2H3. The molecule has 0 radical (unpaired) electrons. The maximum Gasteiger partial charge on any atom is 0.126 e. The van der Waals surface area contributed by atoms with Crippen molar-refractivity contribution in [2.45, 2.75) is 39.2 Å². The van der Waals surface area contributed by atoms with E-state index in [1.807, 2.05) is 12.1 Å². The van der Waals surface area contributed by atoms with Crippen molar-refractivity contribution in [2.75, 3.05) is 0 Å². The molecular weight excluding hydrogens is 203 g/mol. The van der Waals surface area contributed by atoms with E-state index in [0.29, 0.717) is 12.3 Å². The fourth-order valence-corrected chi connectivity index (χ4v) is 2.12. The highest BCUT2D eigenvalue weighted by Crippen LogP contribution is 2.18. The molecule has 0 amide bonds. The highest BCUT2D eigenvalue weighted by Gasteiger charge is 2.18. The van der Waals surface area contributed by atoms with Crippen LogP contribution in [-0.2, 0) is 6.42 Å². The summed E-state index contributed by atoms with van der Waals surface area (Å²) in [5, 5.41) is 0. The largest absolute Gasteiger partial charge is 0.271 e. The number of hydrogen-bond donors (Lipinski definition) is 2. The summed E-state index contributed by atoms with van der Waals surface area (Å²) in [6.45, 7) is 4.28. The molecule has 0 aliphatic rings. The van der Waals surface area contributed by atoms with Crippen molar-refractivity contribution in [3.8, 4) is 0 Å². The second-order valence-corrected chi connectivity index (χ2v) is 4.15. The summed E-state index contributed by atoms with van der Waals surface area (Å²) in [4.78, 5) is 0. The maximum atomic E-state index is 13.5. The molecule has 0 aliphatic heterocycles. The fourth-order valence-electron chi connectivity index (χ4n) is 2.12. The van der Waals surface area contributed by atoms with Crippen LogP contribution >= 0.6 is 0 Å². The third kappa shape index (κ3) is 3.29. The highest BCUT2D eigenvalue weighted by atomic mass is 19.1. The van der Waals surface area contributed by atoms with Crippen molar-refractivity contribution in [3.63, 3.8) is 0 Å². The summed E-state index contributed by atoms with van der Waals surface area (Å²) >= 11 is 0. The Bertz CT molecular complexity index is 311. The molecule has 1 unspecified atom stereocenters. The maximum absolute atomic E-state index is 13.5. The van der Waals surface area contributed by atoms with Gasteiger partial charge in [0.15, 0.2) is 0 Å². The summed E-state index contributed by atoms with van der Waals surface area (Å²) in [5.41, 5.74) is 3.55. The molecule has 1 aromatic rings. The molecule has 0 saturated heterocycles. The number of benzene rings is 1. The Morgan fingerprint density at radius 2 is 1.88 bits per heavy atom. The van der Waals surface area contributed by atoms with Gasteiger partial charge in [0.25, 0.3) is 0 Å². The zero-order valence-electron chi connectivity index (χ0n) is 10.0. The molecule has 90 valence electrons. The van der Waals surface area contributed by atoms with Crippen molar-refractivity contribution in [3.05, 3.63) is 35.6 Å². The van der Waals surface area contributed by atoms with E-state index in [4.69, 9.17) is 5.84 Å². The monoisotopic (exact) mass is 224 g/mol. The molecule has 0 aliphatic carbocycles. The van der Waals surface area contributed by atoms with E-state index in [2.05, 4.69) is 19.3 Å². The first-order valence-corrected chi connectivity index (χ1v) is 5.92. The van der Waals surface area contributed by atoms with Crippen LogP contribution in [-0.4, -0.2) is 6.04 Å². The van der Waals surface area contributed by atoms with Gasteiger partial charge in [0.2, 0.25) is 0 Å². The van der Waals surface area contributed by atoms with Gasteiger partial charge in [-0.25, -0.2) is 4.39 Å². The Labute approximate surface area is 97.0 Å². The first-order chi connectivity index (χ1) is 7.72. The van der Waals surface area contributed by atoms with Crippen LogP contribution < -0.4 is 11.3 Å². The van der Waals surface area contributed by atoms with Gasteiger partial charge in [-0.1, -0.05) is 44.9 Å². The Morgan fingerprint density at radius 1 is 1.25 bits per heavy atom. The molecule has 0 bridgehead atoms. The van der Waals surface area contributed by atoms with Crippen molar-refractivity contribution >= 4 is 0 Å². The number of hydrogen-bond acceptors (Lipinski definition) is 2. The lowest BCUT2D eigenvalue weighted by atomic mass is 9.90. The molecule has 1 atom stereocenters. The summed E-state index contributed by atoms with van der Waals surface area (Å²) in [6.07, 6.45) is 2.76. The molecule has 0 aromatic heterocycles. The molecule has 0 heterocycles. The molecule has 0 saturated carbocycles. The van der Waals surface area contributed by atoms with Crippen LogP contribution in [0.25, 0.3) is 0 Å². The quantitative estimate of drug-likeness (QED) is 0.576. The summed E-state index contributed by atoms with van der Waals surface area (Å²) < 4.78 is 13.5. The Hall–Kier alpha value is -0.930. The van der Waals surface area contributed by atoms with Gasteiger partial charge in [-0.3, -0.25) is 11.3 Å². The van der Waals surface area contributed by atoms with Gasteiger partial charge in [0.05, 0.1) is 0 Å². The minimum absolute atomic E-state index is 0.145. The van der Waals surface area contributed by atoms with E-state index in [-0.39, 0.29) is 11.9 Å². The third-order valence-electron chi connectivity index (χ3n) is 3.23. The van der Waals surface area contributed by atoms with Gasteiger partial charge in [0, 0.05) is 6.04 Å². The number of hydrazine groups is 1. The number of rotatable bonds is 6. The van der Waals surface area contributed by atoms with Gasteiger partial charge in [-0.05, 0) is 24.0 Å². The summed E-state index contributed by atoms with van der Waals surface area (Å²) in [7, 11) is 0. The van der Waals surface area contributed by atoms with Crippen LogP contribution in [0.5, 0.6) is 0 Å². The number of halogens is 1. The van der Waals surface area contributed by atoms with Crippen molar-refractivity contribution < 1.29 is 4.39 Å². The molecule has 1 aromatic carbocycles. The smallest absolute Gasteiger partial charge is 0.126 e. The average molecular weight is 224 g/mol. The molecule has 3 N–H and O–H groups in total. The summed E-state index contributed by atoms with van der Waals surface area (Å²) in [5.74, 6) is 5.90. The summed E-state index contributed by atoms with van der Waals surface area (Å²) in [6, 6.07) is 7.03. The second-order valence-electron chi connectivity index (χ2n) is 4.15. The van der Waals surface area contributed by atoms with E-state index in [0.717, 1.165) is 18.4 Å². The topological polar surface area (TPSA) is 38.0 Å². The molecular formula is C13H21FN2. The fraction of sp³-hybridized carbons (Fsp3) is 0.538. The van der Waals surface area contributed by atoms with E-state index in [1.54, 1.807) is 6.07 Å². The highest BCUT2D eigenvalue weighted by molar-refractivity contribution is 5.18. The Morgan fingerprint density at radius 3 is 2.38 bits per heavy atom. The van der Waals surface area contributed by atoms with E-state index in [1.165, 1.54) is 6.07 Å². The minimum Gasteiger partial charge on any atom is -0.271 e. The lowest BCUT2D eigenvalue weighted by molar-refractivity contribution is 0.333. The van der Waals surface area contributed by atoms with Crippen LogP contribution in [0, 0.1) is 11.7 Å². The molecule has 1 rings (SSSR count). The Balaban J connectivity index is 2.73. The second kappa shape index (κ2) is 6.61. The molecule has 0 fully saturated rings. The van der Waals surface area contributed by atoms with Gasteiger partial charge in [-0.2, -0.15) is 0 Å². The number of nitrogens with one attached hydrogen (secondary N) is 1. The van der Waals surface area contributed by atoms with Gasteiger partial charge in [0.1, 0.15) is 5.82 Å². The van der Waals surface area contributed by atoms with E-state index >= 15 is 0 Å². The first kappa shape index (κ1) is 13.1. The third-order valence-corrected chi connectivity index (χ3v) is 3.23. The predicted octanol–water partition coefficient (Wildman–Crippen LogP) is 2.64. The van der Waals surface area contributed by atoms with Gasteiger partial charge in [-0.15, -0.1) is 0 Å². The van der Waals surface area contributed by atoms with E-state index < -0.39 is 0 Å². The SMILES string of the molecule is CCC(CC)C(Cc1ccccc1F)NN. The zero-order chi connectivity index (χ0) is 12.0. The van der Waals surface area contributed by atoms with Crippen molar-refractivity contribution in [2.24, 2.45) is 11.8 Å². The molecule has 2 nitrogen and oxygen atoms in total. The Kier molecular flexibility index (Phi) is 5.43. The molecule has 0 spiro atoms. The average Bonchev–Trinajstić information content (AvgIpc) is 2.31. The van der Waals surface area contributed by atoms with Crippen LogP contribution in [0.2, 0.25) is 0 Å². The minimum atomic E-state index is -0.145. The molecule has 16 heavy (non-hydrogen) atoms. The van der Waals surface area contributed by atoms with E-state index in [9.17, 15) is 4.39 Å². The van der Waals surface area contributed by atoms with Crippen molar-refractivity contribution in [1.29, 1.82) is 0 Å². The predicted molar refractivity (Wildman–Crippen MR) is 65.3 cm³/mol. The van der Waals surface area contributed by atoms with Gasteiger partial charge >= 0.3 is 0 Å². The first-order valence-electron chi connectivity index (χ1n) is 5.92. The lowest BCUT2D eigenvalue weighted by Gasteiger charge is -2.24.